The molecule has 0 unspecified atom stereocenters. The van der Waals surface area contributed by atoms with Gasteiger partial charge in [-0.2, -0.15) is 8.42 Å². The molecule has 0 aliphatic rings. The van der Waals surface area contributed by atoms with Crippen molar-refractivity contribution in [2.24, 2.45) is 0 Å². The summed E-state index contributed by atoms with van der Waals surface area (Å²) in [5, 5.41) is 0. The molecule has 1 rings (SSSR count). The second-order valence-corrected chi connectivity index (χ2v) is 7.58. The molecule has 0 heterocycles. The molecule has 0 aliphatic heterocycles. The van der Waals surface area contributed by atoms with Crippen molar-refractivity contribution in [1.29, 1.82) is 0 Å². The molecule has 20 heavy (non-hydrogen) atoms. The molecule has 0 aliphatic carbocycles. The molecule has 0 fully saturated rings. The van der Waals surface area contributed by atoms with Gasteiger partial charge in [-0.25, -0.2) is 13.1 Å². The summed E-state index contributed by atoms with van der Waals surface area (Å²) < 4.78 is 60.5. The molecule has 114 valence electrons. The molecular weight excluding hydrogens is 307 g/mol. The van der Waals surface area contributed by atoms with Crippen LogP contribution in [0.5, 0.6) is 0 Å². The number of nitrogens with one attached hydrogen (secondary N) is 1. The topological polar surface area (TPSA) is 83.6 Å². The average molecular weight is 324 g/mol. The van der Waals surface area contributed by atoms with E-state index in [1.807, 2.05) is 19.0 Å². The Hall–Kier alpha value is -1.03. The minimum Gasteiger partial charge on any atom is -0.309 e. The van der Waals surface area contributed by atoms with Gasteiger partial charge in [0, 0.05) is 6.54 Å². The highest BCUT2D eigenvalue weighted by Crippen LogP contribution is 2.17. The van der Waals surface area contributed by atoms with Crippen LogP contribution < -0.4 is 4.72 Å². The Bertz CT molecular complexity index is 657. The quantitative estimate of drug-likeness (QED) is 0.586. The van der Waals surface area contributed by atoms with E-state index in [9.17, 15) is 20.7 Å². The molecule has 6 nitrogen and oxygen atoms in total. The van der Waals surface area contributed by atoms with Crippen LogP contribution in [0.4, 0.5) is 3.89 Å². The van der Waals surface area contributed by atoms with Gasteiger partial charge in [-0.1, -0.05) is 6.07 Å². The number of hydrogen-bond donors (Lipinski definition) is 1. The first-order valence-corrected chi connectivity index (χ1v) is 8.69. The van der Waals surface area contributed by atoms with Crippen molar-refractivity contribution in [3.8, 4) is 0 Å². The van der Waals surface area contributed by atoms with Crippen molar-refractivity contribution >= 4 is 20.2 Å². The summed E-state index contributed by atoms with van der Waals surface area (Å²) in [6.45, 7) is 0.925. The van der Waals surface area contributed by atoms with Gasteiger partial charge in [-0.3, -0.25) is 0 Å². The van der Waals surface area contributed by atoms with Gasteiger partial charge in [0.1, 0.15) is 0 Å². The minimum absolute atomic E-state index is 0.215. The number of benzene rings is 1. The monoisotopic (exact) mass is 324 g/mol. The fourth-order valence-electron chi connectivity index (χ4n) is 1.48. The average Bonchev–Trinajstić information content (AvgIpc) is 2.34. The highest BCUT2D eigenvalue weighted by atomic mass is 32.3. The van der Waals surface area contributed by atoms with Crippen LogP contribution in [0.25, 0.3) is 0 Å². The first-order chi connectivity index (χ1) is 9.13. The van der Waals surface area contributed by atoms with Crippen molar-refractivity contribution in [2.45, 2.75) is 16.2 Å². The van der Waals surface area contributed by atoms with Crippen LogP contribution >= 0.6 is 0 Å². The summed E-state index contributed by atoms with van der Waals surface area (Å²) in [6.07, 6.45) is 0.604. The highest BCUT2D eigenvalue weighted by molar-refractivity contribution is 7.89. The fraction of sp³-hybridized carbons (Fsp3) is 0.455. The zero-order valence-electron chi connectivity index (χ0n) is 11.2. The second kappa shape index (κ2) is 6.61. The fourth-order valence-corrected chi connectivity index (χ4v) is 3.18. The van der Waals surface area contributed by atoms with Crippen molar-refractivity contribution < 1.29 is 20.7 Å². The Morgan fingerprint density at radius 2 is 1.75 bits per heavy atom. The van der Waals surface area contributed by atoms with Gasteiger partial charge in [-0.05, 0) is 45.3 Å². The highest BCUT2D eigenvalue weighted by Gasteiger charge is 2.18. The molecule has 1 aromatic rings. The van der Waals surface area contributed by atoms with Crippen LogP contribution in [0.2, 0.25) is 0 Å². The van der Waals surface area contributed by atoms with E-state index in [-0.39, 0.29) is 11.4 Å². The third kappa shape index (κ3) is 5.16. The van der Waals surface area contributed by atoms with Crippen molar-refractivity contribution in [2.75, 3.05) is 27.2 Å². The number of halogens is 1. The molecular formula is C11H17FN2O4S2. The Balaban J connectivity index is 2.83. The van der Waals surface area contributed by atoms with Gasteiger partial charge in [0.05, 0.1) is 9.79 Å². The van der Waals surface area contributed by atoms with Gasteiger partial charge in [0.2, 0.25) is 10.0 Å². The number of sulfonamides is 1. The predicted molar refractivity (Wildman–Crippen MR) is 73.1 cm³/mol. The maximum absolute atomic E-state index is 12.8. The number of nitrogens with zero attached hydrogens (tertiary/aromatic N) is 1. The summed E-state index contributed by atoms with van der Waals surface area (Å²) in [5.74, 6) is 0. The summed E-state index contributed by atoms with van der Waals surface area (Å²) in [7, 11) is -5.03. The lowest BCUT2D eigenvalue weighted by molar-refractivity contribution is 0.400. The lowest BCUT2D eigenvalue weighted by Gasteiger charge is -2.10. The molecule has 0 spiro atoms. The van der Waals surface area contributed by atoms with Crippen LogP contribution in [0, 0.1) is 0 Å². The van der Waals surface area contributed by atoms with E-state index >= 15 is 0 Å². The van der Waals surface area contributed by atoms with Gasteiger partial charge >= 0.3 is 10.2 Å². The van der Waals surface area contributed by atoms with E-state index in [0.29, 0.717) is 13.0 Å². The lowest BCUT2D eigenvalue weighted by Crippen LogP contribution is -2.27. The van der Waals surface area contributed by atoms with E-state index in [4.69, 9.17) is 0 Å². The van der Waals surface area contributed by atoms with Gasteiger partial charge in [-0.15, -0.1) is 3.89 Å². The minimum atomic E-state index is -4.92. The van der Waals surface area contributed by atoms with E-state index in [1.54, 1.807) is 0 Å². The molecule has 0 radical (unpaired) electrons. The van der Waals surface area contributed by atoms with Gasteiger partial charge in [0.25, 0.3) is 0 Å². The number of hydrogen-bond acceptors (Lipinski definition) is 5. The Morgan fingerprint density at radius 3 is 2.30 bits per heavy atom. The molecule has 9 heteroatoms. The third-order valence-corrected chi connectivity index (χ3v) is 4.75. The maximum Gasteiger partial charge on any atom is 0.332 e. The van der Waals surface area contributed by atoms with Crippen LogP contribution in [0.15, 0.2) is 34.1 Å². The number of rotatable bonds is 7. The van der Waals surface area contributed by atoms with Crippen LogP contribution in [-0.4, -0.2) is 48.9 Å². The standard InChI is InChI=1S/C11H17FN2O4S2/c1-14(2)8-4-7-13-20(17,18)11-6-3-5-10(9-11)19(12,15)16/h3,5-6,9,13H,4,7-8H2,1-2H3. The summed E-state index contributed by atoms with van der Waals surface area (Å²) in [5.41, 5.74) is 0. The first-order valence-electron chi connectivity index (χ1n) is 5.82. The molecule has 1 N–H and O–H groups in total. The van der Waals surface area contributed by atoms with Crippen LogP contribution in [0.1, 0.15) is 6.42 Å². The Labute approximate surface area is 118 Å². The second-order valence-electron chi connectivity index (χ2n) is 4.47. The van der Waals surface area contributed by atoms with Crippen LogP contribution in [0.3, 0.4) is 0 Å². The van der Waals surface area contributed by atoms with Crippen molar-refractivity contribution in [1.82, 2.24) is 9.62 Å². The normalized spacial score (nSPS) is 12.8. The van der Waals surface area contributed by atoms with Crippen LogP contribution in [-0.2, 0) is 20.2 Å². The molecule has 1 aromatic carbocycles. The van der Waals surface area contributed by atoms with E-state index in [0.717, 1.165) is 12.1 Å². The SMILES string of the molecule is CN(C)CCCNS(=O)(=O)c1cccc(S(=O)(=O)F)c1. The summed E-state index contributed by atoms with van der Waals surface area (Å²) >= 11 is 0. The molecule has 0 saturated heterocycles. The van der Waals surface area contributed by atoms with E-state index < -0.39 is 25.1 Å². The zero-order valence-corrected chi connectivity index (χ0v) is 12.8. The molecule has 0 saturated carbocycles. The van der Waals surface area contributed by atoms with E-state index in [2.05, 4.69) is 4.72 Å². The van der Waals surface area contributed by atoms with Crippen molar-refractivity contribution in [3.05, 3.63) is 24.3 Å². The predicted octanol–water partition coefficient (Wildman–Crippen LogP) is 0.575. The lowest BCUT2D eigenvalue weighted by atomic mass is 10.4. The molecule has 0 amide bonds. The molecule has 0 bridgehead atoms. The smallest absolute Gasteiger partial charge is 0.309 e. The summed E-state index contributed by atoms with van der Waals surface area (Å²) in [4.78, 5) is 0.958. The van der Waals surface area contributed by atoms with Gasteiger partial charge < -0.3 is 4.90 Å². The van der Waals surface area contributed by atoms with Gasteiger partial charge in [0.15, 0.2) is 0 Å². The molecule has 0 aromatic heterocycles. The Kier molecular flexibility index (Phi) is 5.63. The third-order valence-electron chi connectivity index (χ3n) is 2.47. The summed E-state index contributed by atoms with van der Waals surface area (Å²) in [6, 6.07) is 4.19. The maximum atomic E-state index is 12.8. The van der Waals surface area contributed by atoms with Crippen molar-refractivity contribution in [3.63, 3.8) is 0 Å². The van der Waals surface area contributed by atoms with E-state index in [1.165, 1.54) is 12.1 Å². The Morgan fingerprint density at radius 1 is 1.15 bits per heavy atom. The zero-order chi connectivity index (χ0) is 15.4. The molecule has 0 atom stereocenters. The largest absolute Gasteiger partial charge is 0.332 e. The first kappa shape index (κ1) is 17.0.